The summed E-state index contributed by atoms with van der Waals surface area (Å²) >= 11 is 1.50. The first kappa shape index (κ1) is 14.4. The fourth-order valence-electron chi connectivity index (χ4n) is 1.64. The van der Waals surface area contributed by atoms with Gasteiger partial charge in [-0.25, -0.2) is 13.8 Å². The number of amides is 1. The van der Waals surface area contributed by atoms with E-state index in [0.29, 0.717) is 19.0 Å². The molecular formula is C13H13F2N3OS. The zero-order chi connectivity index (χ0) is 14.7. The third-order valence-electron chi connectivity index (χ3n) is 2.62. The number of carbonyl (C=O) groups excluding carboxylic acids is 1. The Morgan fingerprint density at radius 2 is 2.15 bits per heavy atom. The van der Waals surface area contributed by atoms with Crippen LogP contribution < -0.4 is 11.1 Å². The molecule has 0 aliphatic rings. The summed E-state index contributed by atoms with van der Waals surface area (Å²) in [6.45, 7) is 2.21. The monoisotopic (exact) mass is 297 g/mol. The minimum absolute atomic E-state index is 0.257. The molecule has 0 bridgehead atoms. The molecule has 4 nitrogen and oxygen atoms in total. The van der Waals surface area contributed by atoms with Crippen molar-refractivity contribution in [3.05, 3.63) is 45.4 Å². The summed E-state index contributed by atoms with van der Waals surface area (Å²) in [6.07, 6.45) is 0.558. The Hall–Kier alpha value is -2.02. The molecule has 0 spiro atoms. The number of carbonyl (C=O) groups is 1. The number of benzene rings is 1. The van der Waals surface area contributed by atoms with Crippen LogP contribution in [0.25, 0.3) is 0 Å². The van der Waals surface area contributed by atoms with Crippen molar-refractivity contribution >= 4 is 22.9 Å². The van der Waals surface area contributed by atoms with Gasteiger partial charge >= 0.3 is 0 Å². The number of rotatable bonds is 4. The predicted octanol–water partition coefficient (Wildman–Crippen LogP) is 2.28. The van der Waals surface area contributed by atoms with Crippen LogP contribution in [0, 0.1) is 18.6 Å². The van der Waals surface area contributed by atoms with Crippen LogP contribution in [0.3, 0.4) is 0 Å². The van der Waals surface area contributed by atoms with Crippen molar-refractivity contribution in [2.75, 3.05) is 12.3 Å². The van der Waals surface area contributed by atoms with Crippen molar-refractivity contribution in [3.8, 4) is 0 Å². The van der Waals surface area contributed by atoms with E-state index in [0.717, 1.165) is 16.8 Å². The minimum atomic E-state index is -0.931. The Bertz CT molecular complexity index is 643. The first-order valence-electron chi connectivity index (χ1n) is 5.91. The highest BCUT2D eigenvalue weighted by molar-refractivity contribution is 7.09. The average Bonchev–Trinajstić information content (AvgIpc) is 2.79. The van der Waals surface area contributed by atoms with E-state index in [4.69, 9.17) is 5.73 Å². The average molecular weight is 297 g/mol. The number of nitrogens with one attached hydrogen (secondary N) is 1. The Kier molecular flexibility index (Phi) is 4.29. The van der Waals surface area contributed by atoms with E-state index >= 15 is 0 Å². The molecule has 1 heterocycles. The van der Waals surface area contributed by atoms with Crippen molar-refractivity contribution in [2.24, 2.45) is 0 Å². The zero-order valence-corrected chi connectivity index (χ0v) is 11.6. The number of nitrogens with two attached hydrogens (primary N) is 1. The molecule has 2 rings (SSSR count). The molecule has 1 aromatic heterocycles. The van der Waals surface area contributed by atoms with Crippen LogP contribution in [0.4, 0.5) is 14.5 Å². The third kappa shape index (κ3) is 3.30. The lowest BCUT2D eigenvalue weighted by molar-refractivity contribution is 0.0950. The molecule has 0 radical (unpaired) electrons. The Morgan fingerprint density at radius 1 is 1.40 bits per heavy atom. The number of aromatic nitrogens is 1. The number of aryl methyl sites for hydroxylation is 1. The van der Waals surface area contributed by atoms with Gasteiger partial charge in [0.2, 0.25) is 0 Å². The molecule has 0 aliphatic carbocycles. The first-order chi connectivity index (χ1) is 9.47. The van der Waals surface area contributed by atoms with E-state index in [1.165, 1.54) is 11.3 Å². The lowest BCUT2D eigenvalue weighted by atomic mass is 10.1. The predicted molar refractivity (Wildman–Crippen MR) is 73.7 cm³/mol. The van der Waals surface area contributed by atoms with Gasteiger partial charge in [-0.1, -0.05) is 0 Å². The van der Waals surface area contributed by atoms with Crippen LogP contribution in [-0.2, 0) is 6.42 Å². The number of anilines is 1. The SMILES string of the molecule is Cc1csc(CCNC(=O)c2cc(N)c(F)cc2F)n1. The standard InChI is InChI=1S/C13H13F2N3OS/c1-7-6-20-12(18-7)2-3-17-13(19)8-4-11(16)10(15)5-9(8)14/h4-6H,2-3,16H2,1H3,(H,17,19). The molecular weight excluding hydrogens is 284 g/mol. The van der Waals surface area contributed by atoms with Crippen LogP contribution >= 0.6 is 11.3 Å². The highest BCUT2D eigenvalue weighted by Crippen LogP contribution is 2.16. The van der Waals surface area contributed by atoms with Crippen molar-refractivity contribution in [1.82, 2.24) is 10.3 Å². The van der Waals surface area contributed by atoms with Crippen LogP contribution in [0.15, 0.2) is 17.5 Å². The van der Waals surface area contributed by atoms with Crippen LogP contribution in [0.2, 0.25) is 0 Å². The maximum atomic E-state index is 13.5. The second-order valence-corrected chi connectivity index (χ2v) is 5.18. The van der Waals surface area contributed by atoms with Gasteiger partial charge in [0.1, 0.15) is 11.6 Å². The number of nitrogen functional groups attached to an aromatic ring is 1. The normalized spacial score (nSPS) is 10.6. The lowest BCUT2D eigenvalue weighted by Crippen LogP contribution is -2.26. The van der Waals surface area contributed by atoms with E-state index in [1.807, 2.05) is 12.3 Å². The van der Waals surface area contributed by atoms with E-state index in [2.05, 4.69) is 10.3 Å². The Labute approximate surface area is 118 Å². The van der Waals surface area contributed by atoms with Gasteiger partial charge in [0.05, 0.1) is 16.3 Å². The Balaban J connectivity index is 1.97. The third-order valence-corrected chi connectivity index (χ3v) is 3.65. The largest absolute Gasteiger partial charge is 0.396 e. The second kappa shape index (κ2) is 5.96. The van der Waals surface area contributed by atoms with Crippen molar-refractivity contribution in [3.63, 3.8) is 0 Å². The van der Waals surface area contributed by atoms with E-state index in [1.54, 1.807) is 0 Å². The number of halogens is 2. The molecule has 0 saturated carbocycles. The smallest absolute Gasteiger partial charge is 0.254 e. The van der Waals surface area contributed by atoms with Crippen LogP contribution in [-0.4, -0.2) is 17.4 Å². The second-order valence-electron chi connectivity index (χ2n) is 4.24. The molecule has 3 N–H and O–H groups in total. The van der Waals surface area contributed by atoms with E-state index in [-0.39, 0.29) is 11.3 Å². The van der Waals surface area contributed by atoms with Gasteiger partial charge in [-0.3, -0.25) is 4.79 Å². The summed E-state index contributed by atoms with van der Waals surface area (Å²) in [4.78, 5) is 16.0. The first-order valence-corrected chi connectivity index (χ1v) is 6.79. The van der Waals surface area contributed by atoms with Crippen molar-refractivity contribution in [2.45, 2.75) is 13.3 Å². The molecule has 0 saturated heterocycles. The highest BCUT2D eigenvalue weighted by Gasteiger charge is 2.14. The molecule has 7 heteroatoms. The van der Waals surface area contributed by atoms with Gasteiger partial charge < -0.3 is 11.1 Å². The molecule has 0 unspecified atom stereocenters. The maximum absolute atomic E-state index is 13.5. The fraction of sp³-hybridized carbons (Fsp3) is 0.231. The molecule has 1 amide bonds. The molecule has 1 aromatic carbocycles. The number of nitrogens with zero attached hydrogens (tertiary/aromatic N) is 1. The minimum Gasteiger partial charge on any atom is -0.396 e. The summed E-state index contributed by atoms with van der Waals surface area (Å²) in [6, 6.07) is 1.60. The summed E-state index contributed by atoms with van der Waals surface area (Å²) in [5.41, 5.74) is 5.72. The molecule has 20 heavy (non-hydrogen) atoms. The quantitative estimate of drug-likeness (QED) is 0.851. The highest BCUT2D eigenvalue weighted by atomic mass is 32.1. The van der Waals surface area contributed by atoms with E-state index in [9.17, 15) is 13.6 Å². The topological polar surface area (TPSA) is 68.0 Å². The van der Waals surface area contributed by atoms with Gasteiger partial charge in [-0.2, -0.15) is 0 Å². The number of hydrogen-bond acceptors (Lipinski definition) is 4. The lowest BCUT2D eigenvalue weighted by Gasteiger charge is -2.06. The molecule has 0 atom stereocenters. The maximum Gasteiger partial charge on any atom is 0.254 e. The van der Waals surface area contributed by atoms with Gasteiger partial charge in [0.15, 0.2) is 0 Å². The van der Waals surface area contributed by atoms with Gasteiger partial charge in [-0.15, -0.1) is 11.3 Å². The summed E-state index contributed by atoms with van der Waals surface area (Å²) in [5, 5.41) is 5.36. The van der Waals surface area contributed by atoms with E-state index < -0.39 is 17.5 Å². The van der Waals surface area contributed by atoms with Crippen LogP contribution in [0.1, 0.15) is 21.1 Å². The molecule has 0 fully saturated rings. The van der Waals surface area contributed by atoms with Crippen LogP contribution in [0.5, 0.6) is 0 Å². The number of hydrogen-bond donors (Lipinski definition) is 2. The summed E-state index contributed by atoms with van der Waals surface area (Å²) < 4.78 is 26.5. The molecule has 2 aromatic rings. The molecule has 106 valence electrons. The zero-order valence-electron chi connectivity index (χ0n) is 10.7. The summed E-state index contributed by atoms with van der Waals surface area (Å²) in [7, 11) is 0. The van der Waals surface area contributed by atoms with Crippen molar-refractivity contribution < 1.29 is 13.6 Å². The summed E-state index contributed by atoms with van der Waals surface area (Å²) in [5.74, 6) is -2.43. The molecule has 0 aliphatic heterocycles. The van der Waals surface area contributed by atoms with Gasteiger partial charge in [0, 0.05) is 30.1 Å². The Morgan fingerprint density at radius 3 is 2.80 bits per heavy atom. The fourth-order valence-corrected chi connectivity index (χ4v) is 2.41. The van der Waals surface area contributed by atoms with Gasteiger partial charge in [0.25, 0.3) is 5.91 Å². The number of thiazole rings is 1. The van der Waals surface area contributed by atoms with Gasteiger partial charge in [-0.05, 0) is 13.0 Å². The van der Waals surface area contributed by atoms with Crippen molar-refractivity contribution in [1.29, 1.82) is 0 Å².